The van der Waals surface area contributed by atoms with Crippen LogP contribution in [0.25, 0.3) is 0 Å². The van der Waals surface area contributed by atoms with Crippen LogP contribution in [-0.2, 0) is 36.3 Å². The summed E-state index contributed by atoms with van der Waals surface area (Å²) in [4.78, 5) is 3.10. The molecule has 0 aromatic heterocycles. The molecule has 1 aliphatic rings. The zero-order valence-corrected chi connectivity index (χ0v) is 23.6. The topological polar surface area (TPSA) is 84.9 Å². The summed E-state index contributed by atoms with van der Waals surface area (Å²) in [5.41, 5.74) is 0.931. The summed E-state index contributed by atoms with van der Waals surface area (Å²) in [5.74, 6) is -0.522. The van der Waals surface area contributed by atoms with Crippen molar-refractivity contribution in [1.29, 1.82) is 0 Å². The molecule has 0 aliphatic carbocycles. The van der Waals surface area contributed by atoms with Gasteiger partial charge in [-0.25, -0.2) is 12.8 Å². The summed E-state index contributed by atoms with van der Waals surface area (Å²) in [6, 6.07) is 25.0. The van der Waals surface area contributed by atoms with Crippen LogP contribution in [-0.4, -0.2) is 44.2 Å². The third-order valence-corrected chi connectivity index (χ3v) is 9.69. The highest BCUT2D eigenvalue weighted by atomic mass is 32.2. The Bertz CT molecular complexity index is 1330. The van der Waals surface area contributed by atoms with Crippen LogP contribution in [0.3, 0.4) is 0 Å². The van der Waals surface area contributed by atoms with E-state index in [1.165, 1.54) is 0 Å². The van der Waals surface area contributed by atoms with Crippen LogP contribution < -0.4 is 4.74 Å². The summed E-state index contributed by atoms with van der Waals surface area (Å²) < 4.78 is 89.7. The van der Waals surface area contributed by atoms with Crippen molar-refractivity contribution in [3.05, 3.63) is 84.4 Å². The fraction of sp³-hybridized carbons (Fsp3) is 0.379. The zero-order valence-electron chi connectivity index (χ0n) is 21.9. The fourth-order valence-corrected chi connectivity index (χ4v) is 6.75. The fourth-order valence-electron chi connectivity index (χ4n) is 4.26. The lowest BCUT2D eigenvalue weighted by molar-refractivity contribution is -0.241. The molecule has 4 rings (SSSR count). The second kappa shape index (κ2) is 12.9. The van der Waals surface area contributed by atoms with E-state index in [1.807, 2.05) is 61.5 Å². The molecule has 216 valence electrons. The molecule has 0 bridgehead atoms. The molecule has 6 nitrogen and oxygen atoms in total. The van der Waals surface area contributed by atoms with Gasteiger partial charge in [0, 0.05) is 12.0 Å². The molecule has 40 heavy (non-hydrogen) atoms. The molecule has 3 aromatic rings. The summed E-state index contributed by atoms with van der Waals surface area (Å²) in [7, 11) is -6.60. The molecule has 2 unspecified atom stereocenters. The zero-order chi connectivity index (χ0) is 28.8. The van der Waals surface area contributed by atoms with Crippen LogP contribution >= 0.6 is 0 Å². The summed E-state index contributed by atoms with van der Waals surface area (Å²) in [5, 5.41) is -5.01. The molecule has 2 atom stereocenters. The van der Waals surface area contributed by atoms with Crippen LogP contribution in [0, 0.1) is 0 Å². The number of hydrogen-bond acceptors (Lipinski definition) is 6. The number of hydrogen-bond donors (Lipinski definition) is 0. The van der Waals surface area contributed by atoms with E-state index >= 15 is 0 Å². The molecule has 0 radical (unpaired) electrons. The lowest BCUT2D eigenvalue weighted by atomic mass is 10.1. The van der Waals surface area contributed by atoms with Crippen LogP contribution in [0.2, 0.25) is 0 Å². The standard InChI is InChI=1S/C29H31F3O6S2/c1-28(37-19-6-3-7-20-38-28)22-10-14-25(15-11-22)39(24-8-4-2-5-9-24)26-16-12-23(13-17-26)36-21-18-27(30)29(31,32)40(33,34)35/h2,4-5,8-17,27H,3,6-7,18-21H2,1H3. The molecular weight excluding hydrogens is 565 g/mol. The van der Waals surface area contributed by atoms with E-state index in [4.69, 9.17) is 14.2 Å². The van der Waals surface area contributed by atoms with Gasteiger partial charge in [-0.2, -0.15) is 8.78 Å². The van der Waals surface area contributed by atoms with Crippen molar-refractivity contribution in [1.82, 2.24) is 0 Å². The normalized spacial score (nSPS) is 17.8. The molecule has 0 amide bonds. The maximum atomic E-state index is 13.7. The van der Waals surface area contributed by atoms with Crippen LogP contribution in [0.15, 0.2) is 93.5 Å². The van der Waals surface area contributed by atoms with Gasteiger partial charge in [-0.3, -0.25) is 0 Å². The lowest BCUT2D eigenvalue weighted by Gasteiger charge is -2.32. The van der Waals surface area contributed by atoms with E-state index in [0.29, 0.717) is 19.0 Å². The highest BCUT2D eigenvalue weighted by Crippen LogP contribution is 2.35. The van der Waals surface area contributed by atoms with E-state index in [1.54, 1.807) is 12.1 Å². The van der Waals surface area contributed by atoms with Crippen molar-refractivity contribution in [3.8, 4) is 5.75 Å². The van der Waals surface area contributed by atoms with Crippen LogP contribution in [0.4, 0.5) is 13.2 Å². The number of halogens is 3. The van der Waals surface area contributed by atoms with Crippen molar-refractivity contribution in [2.75, 3.05) is 19.8 Å². The predicted molar refractivity (Wildman–Crippen MR) is 144 cm³/mol. The third-order valence-electron chi connectivity index (χ3n) is 6.53. The van der Waals surface area contributed by atoms with Gasteiger partial charge in [-0.15, -0.1) is 0 Å². The highest BCUT2D eigenvalue weighted by molar-refractivity contribution is 7.97. The number of rotatable bonds is 10. The lowest BCUT2D eigenvalue weighted by Crippen LogP contribution is -2.39. The monoisotopic (exact) mass is 596 g/mol. The maximum absolute atomic E-state index is 13.7. The molecule has 1 fully saturated rings. The van der Waals surface area contributed by atoms with Crippen molar-refractivity contribution < 1.29 is 40.4 Å². The molecule has 1 aliphatic heterocycles. The molecular formula is C29H31F3O6S2. The summed E-state index contributed by atoms with van der Waals surface area (Å²) in [6.07, 6.45) is -1.05. The minimum atomic E-state index is -6.11. The Morgan fingerprint density at radius 1 is 0.900 bits per heavy atom. The Hall–Kier alpha value is -2.57. The molecule has 1 heterocycles. The van der Waals surface area contributed by atoms with Crippen molar-refractivity contribution >= 4 is 21.0 Å². The van der Waals surface area contributed by atoms with Gasteiger partial charge < -0.3 is 18.8 Å². The van der Waals surface area contributed by atoms with Gasteiger partial charge >= 0.3 is 5.25 Å². The number of ether oxygens (including phenoxy) is 3. The molecule has 0 spiro atoms. The Morgan fingerprint density at radius 3 is 1.98 bits per heavy atom. The second-order valence-electron chi connectivity index (χ2n) is 9.44. The highest BCUT2D eigenvalue weighted by Gasteiger charge is 2.47. The minimum Gasteiger partial charge on any atom is -0.743 e. The smallest absolute Gasteiger partial charge is 0.364 e. The van der Waals surface area contributed by atoms with E-state index in [2.05, 4.69) is 12.1 Å². The molecule has 3 aromatic carbocycles. The second-order valence-corrected chi connectivity index (χ2v) is 12.9. The third kappa shape index (κ3) is 7.19. The van der Waals surface area contributed by atoms with Crippen molar-refractivity contribution in [2.24, 2.45) is 0 Å². The Balaban J connectivity index is 1.50. The molecule has 11 heteroatoms. The van der Waals surface area contributed by atoms with Crippen LogP contribution in [0.5, 0.6) is 5.75 Å². The van der Waals surface area contributed by atoms with E-state index in [-0.39, 0.29) is 0 Å². The average molecular weight is 597 g/mol. The first kappa shape index (κ1) is 30.4. The molecule has 1 saturated heterocycles. The number of alkyl halides is 3. The molecule has 0 N–H and O–H groups in total. The quantitative estimate of drug-likeness (QED) is 0.199. The largest absolute Gasteiger partial charge is 0.743 e. The SMILES string of the molecule is CC1(c2ccc([S+](c3ccccc3)c3ccc(OCCC(F)C(F)(F)S(=O)(=O)[O-])cc3)cc2)OCCCCCO1. The first-order valence-electron chi connectivity index (χ1n) is 12.9. The first-order chi connectivity index (χ1) is 19.0. The van der Waals surface area contributed by atoms with Gasteiger partial charge in [-0.05, 0) is 86.8 Å². The van der Waals surface area contributed by atoms with Crippen molar-refractivity contribution in [2.45, 2.75) is 64.5 Å². The van der Waals surface area contributed by atoms with Gasteiger partial charge in [0.1, 0.15) is 5.75 Å². The van der Waals surface area contributed by atoms with Gasteiger partial charge in [0.25, 0.3) is 0 Å². The molecule has 0 saturated carbocycles. The van der Waals surface area contributed by atoms with Gasteiger partial charge in [0.15, 0.2) is 36.8 Å². The average Bonchev–Trinajstić information content (AvgIpc) is 2.92. The Labute approximate surface area is 235 Å². The summed E-state index contributed by atoms with van der Waals surface area (Å²) >= 11 is 0. The number of benzene rings is 3. The Kier molecular flexibility index (Phi) is 9.84. The summed E-state index contributed by atoms with van der Waals surface area (Å²) in [6.45, 7) is 2.68. The van der Waals surface area contributed by atoms with Gasteiger partial charge in [0.2, 0.25) is 0 Å². The van der Waals surface area contributed by atoms with E-state index in [0.717, 1.165) is 39.5 Å². The first-order valence-corrected chi connectivity index (χ1v) is 15.5. The Morgan fingerprint density at radius 2 is 1.43 bits per heavy atom. The van der Waals surface area contributed by atoms with E-state index < -0.39 is 51.3 Å². The van der Waals surface area contributed by atoms with Crippen molar-refractivity contribution in [3.63, 3.8) is 0 Å². The van der Waals surface area contributed by atoms with E-state index in [9.17, 15) is 26.1 Å². The van der Waals surface area contributed by atoms with Gasteiger partial charge in [0.05, 0.1) is 30.7 Å². The minimum absolute atomic E-state index is 0.294. The van der Waals surface area contributed by atoms with Gasteiger partial charge in [-0.1, -0.05) is 18.2 Å². The predicted octanol–water partition coefficient (Wildman–Crippen LogP) is 6.42. The maximum Gasteiger partial charge on any atom is 0.364 e. The van der Waals surface area contributed by atoms with Crippen LogP contribution in [0.1, 0.15) is 38.2 Å².